The fourth-order valence-electron chi connectivity index (χ4n) is 4.35. The predicted octanol–water partition coefficient (Wildman–Crippen LogP) is 3.26. The smallest absolute Gasteiger partial charge is 0.274 e. The maximum Gasteiger partial charge on any atom is 0.274 e. The van der Waals surface area contributed by atoms with Gasteiger partial charge in [-0.3, -0.25) is 15.0 Å². The van der Waals surface area contributed by atoms with E-state index in [1.165, 1.54) is 11.6 Å². The third kappa shape index (κ3) is 5.76. The molecule has 2 aromatic rings. The lowest BCUT2D eigenvalue weighted by atomic mass is 10.1. The third-order valence-corrected chi connectivity index (χ3v) is 5.87. The zero-order chi connectivity index (χ0) is 21.6. The lowest BCUT2D eigenvalue weighted by molar-refractivity contribution is -0.385. The molecule has 2 fully saturated rings. The van der Waals surface area contributed by atoms with Crippen molar-refractivity contribution in [1.29, 1.82) is 0 Å². The van der Waals surface area contributed by atoms with Crippen LogP contribution in [0, 0.1) is 10.1 Å². The molecule has 2 aromatic carbocycles. The first-order valence-corrected chi connectivity index (χ1v) is 10.8. The fraction of sp³-hybridized carbons (Fsp3) is 0.435. The average Bonchev–Trinajstić information content (AvgIpc) is 3.23. The molecule has 172 valence electrons. The van der Waals surface area contributed by atoms with E-state index in [9.17, 15) is 10.1 Å². The summed E-state index contributed by atoms with van der Waals surface area (Å²) in [7, 11) is 0. The number of nitrogens with zero attached hydrogens (tertiary/aromatic N) is 4. The van der Waals surface area contributed by atoms with Gasteiger partial charge in [0.1, 0.15) is 0 Å². The van der Waals surface area contributed by atoms with Gasteiger partial charge in [0.15, 0.2) is 5.96 Å². The first-order valence-electron chi connectivity index (χ1n) is 10.8. The number of para-hydroxylation sites is 1. The molecule has 0 radical (unpaired) electrons. The van der Waals surface area contributed by atoms with Crippen LogP contribution in [0.4, 0.5) is 5.69 Å². The van der Waals surface area contributed by atoms with E-state index in [4.69, 9.17) is 9.73 Å². The SMILES string of the molecule is CCNC(=NCc1ccccc1[N+](=O)[O-])N1CC2OCCN(Cc3ccccc3)C2C1.I. The number of nitrogens with one attached hydrogen (secondary N) is 1. The van der Waals surface area contributed by atoms with Gasteiger partial charge in [0.05, 0.1) is 35.8 Å². The van der Waals surface area contributed by atoms with Crippen LogP contribution in [0.3, 0.4) is 0 Å². The van der Waals surface area contributed by atoms with E-state index in [0.29, 0.717) is 11.6 Å². The maximum atomic E-state index is 11.3. The molecule has 2 heterocycles. The summed E-state index contributed by atoms with van der Waals surface area (Å²) in [6, 6.07) is 17.6. The van der Waals surface area contributed by atoms with Crippen LogP contribution in [0.1, 0.15) is 18.1 Å². The Morgan fingerprint density at radius 3 is 2.69 bits per heavy atom. The summed E-state index contributed by atoms with van der Waals surface area (Å²) in [4.78, 5) is 20.4. The molecule has 2 unspecified atom stereocenters. The Kier molecular flexibility index (Phi) is 8.83. The van der Waals surface area contributed by atoms with E-state index in [2.05, 4.69) is 39.4 Å². The second kappa shape index (κ2) is 11.6. The molecule has 2 atom stereocenters. The molecular formula is C23H30IN5O3. The van der Waals surface area contributed by atoms with Crippen LogP contribution >= 0.6 is 24.0 Å². The van der Waals surface area contributed by atoms with E-state index >= 15 is 0 Å². The number of fused-ring (bicyclic) bond motifs is 1. The highest BCUT2D eigenvalue weighted by atomic mass is 127. The van der Waals surface area contributed by atoms with Crippen molar-refractivity contribution in [3.8, 4) is 0 Å². The second-order valence-electron chi connectivity index (χ2n) is 7.89. The molecule has 0 bridgehead atoms. The molecule has 0 spiro atoms. The first-order chi connectivity index (χ1) is 15.2. The van der Waals surface area contributed by atoms with Crippen molar-refractivity contribution in [2.24, 2.45) is 4.99 Å². The number of ether oxygens (including phenoxy) is 1. The lowest BCUT2D eigenvalue weighted by Gasteiger charge is -2.36. The Labute approximate surface area is 205 Å². The minimum absolute atomic E-state index is 0. The number of rotatable bonds is 6. The molecule has 2 saturated heterocycles. The van der Waals surface area contributed by atoms with Crippen LogP contribution in [-0.4, -0.2) is 65.6 Å². The number of guanidine groups is 1. The number of nitro groups is 1. The first kappa shape index (κ1) is 24.4. The number of hydrogen-bond donors (Lipinski definition) is 1. The minimum atomic E-state index is -0.350. The Balaban J connectivity index is 0.00000289. The van der Waals surface area contributed by atoms with Gasteiger partial charge < -0.3 is 15.0 Å². The summed E-state index contributed by atoms with van der Waals surface area (Å²) in [5.41, 5.74) is 2.02. The topological polar surface area (TPSA) is 83.2 Å². The maximum absolute atomic E-state index is 11.3. The van der Waals surface area contributed by atoms with Gasteiger partial charge in [-0.1, -0.05) is 48.5 Å². The van der Waals surface area contributed by atoms with Crippen molar-refractivity contribution in [3.05, 3.63) is 75.8 Å². The summed E-state index contributed by atoms with van der Waals surface area (Å²) < 4.78 is 6.09. The van der Waals surface area contributed by atoms with E-state index in [0.717, 1.165) is 45.3 Å². The van der Waals surface area contributed by atoms with Crippen LogP contribution < -0.4 is 5.32 Å². The Morgan fingerprint density at radius 1 is 1.19 bits per heavy atom. The fourth-order valence-corrected chi connectivity index (χ4v) is 4.35. The molecule has 2 aliphatic rings. The summed E-state index contributed by atoms with van der Waals surface area (Å²) in [5, 5.41) is 14.7. The summed E-state index contributed by atoms with van der Waals surface area (Å²) in [6.07, 6.45) is 0.132. The van der Waals surface area contributed by atoms with E-state index in [1.54, 1.807) is 12.1 Å². The van der Waals surface area contributed by atoms with Gasteiger partial charge in [-0.25, -0.2) is 4.99 Å². The van der Waals surface area contributed by atoms with E-state index < -0.39 is 0 Å². The van der Waals surface area contributed by atoms with Gasteiger partial charge in [-0.05, 0) is 12.5 Å². The molecule has 0 saturated carbocycles. The number of aliphatic imine (C=N–C) groups is 1. The van der Waals surface area contributed by atoms with Gasteiger partial charge in [0.25, 0.3) is 5.69 Å². The van der Waals surface area contributed by atoms with Crippen LogP contribution in [0.25, 0.3) is 0 Å². The van der Waals surface area contributed by atoms with Crippen LogP contribution in [0.5, 0.6) is 0 Å². The second-order valence-corrected chi connectivity index (χ2v) is 7.89. The highest BCUT2D eigenvalue weighted by molar-refractivity contribution is 14.0. The third-order valence-electron chi connectivity index (χ3n) is 5.87. The Bertz CT molecular complexity index is 927. The molecule has 0 aliphatic carbocycles. The standard InChI is InChI=1S/C23H29N5O3.HI/c1-2-24-23(25-14-19-10-6-7-11-20(19)28(29)30)27-16-21-22(17-27)31-13-12-26(21)15-18-8-4-3-5-9-18;/h3-11,21-22H,2,12-17H2,1H3,(H,24,25);1H. The van der Waals surface area contributed by atoms with Gasteiger partial charge in [0, 0.05) is 38.8 Å². The van der Waals surface area contributed by atoms with Crippen LogP contribution in [0.15, 0.2) is 59.6 Å². The van der Waals surface area contributed by atoms with Crippen molar-refractivity contribution in [1.82, 2.24) is 15.1 Å². The molecule has 8 nitrogen and oxygen atoms in total. The molecule has 32 heavy (non-hydrogen) atoms. The molecule has 4 rings (SSSR count). The van der Waals surface area contributed by atoms with Crippen molar-refractivity contribution in [3.63, 3.8) is 0 Å². The quantitative estimate of drug-likeness (QED) is 0.195. The zero-order valence-electron chi connectivity index (χ0n) is 18.2. The average molecular weight is 551 g/mol. The van der Waals surface area contributed by atoms with Crippen LogP contribution in [0.2, 0.25) is 0 Å². The number of halogens is 1. The van der Waals surface area contributed by atoms with Crippen molar-refractivity contribution in [2.75, 3.05) is 32.8 Å². The highest BCUT2D eigenvalue weighted by Crippen LogP contribution is 2.25. The monoisotopic (exact) mass is 551 g/mol. The number of morpholine rings is 1. The van der Waals surface area contributed by atoms with Crippen LogP contribution in [-0.2, 0) is 17.8 Å². The normalized spacial score (nSPS) is 21.0. The zero-order valence-corrected chi connectivity index (χ0v) is 20.6. The summed E-state index contributed by atoms with van der Waals surface area (Å²) >= 11 is 0. The van der Waals surface area contributed by atoms with Crippen molar-refractivity contribution >= 4 is 35.6 Å². The molecule has 0 amide bonds. The minimum Gasteiger partial charge on any atom is -0.373 e. The molecule has 9 heteroatoms. The van der Waals surface area contributed by atoms with Crippen molar-refractivity contribution in [2.45, 2.75) is 32.2 Å². The molecule has 0 aromatic heterocycles. The van der Waals surface area contributed by atoms with E-state index in [1.807, 2.05) is 19.1 Å². The lowest BCUT2D eigenvalue weighted by Crippen LogP contribution is -2.50. The largest absolute Gasteiger partial charge is 0.373 e. The van der Waals surface area contributed by atoms with Gasteiger partial charge in [0.2, 0.25) is 0 Å². The molecular weight excluding hydrogens is 521 g/mol. The number of nitro benzene ring substituents is 1. The molecule has 2 aliphatic heterocycles. The Morgan fingerprint density at radius 2 is 1.94 bits per heavy atom. The summed E-state index contributed by atoms with van der Waals surface area (Å²) in [5.74, 6) is 0.776. The van der Waals surface area contributed by atoms with Crippen molar-refractivity contribution < 1.29 is 9.66 Å². The predicted molar refractivity (Wildman–Crippen MR) is 135 cm³/mol. The van der Waals surface area contributed by atoms with E-state index in [-0.39, 0.29) is 47.2 Å². The summed E-state index contributed by atoms with van der Waals surface area (Å²) in [6.45, 7) is 7.15. The van der Waals surface area contributed by atoms with Gasteiger partial charge >= 0.3 is 0 Å². The van der Waals surface area contributed by atoms with Gasteiger partial charge in [-0.15, -0.1) is 24.0 Å². The number of hydrogen-bond acceptors (Lipinski definition) is 5. The van der Waals surface area contributed by atoms with Gasteiger partial charge in [-0.2, -0.15) is 0 Å². The number of likely N-dealkylation sites (tertiary alicyclic amines) is 1. The highest BCUT2D eigenvalue weighted by Gasteiger charge is 2.41. The molecule has 1 N–H and O–H groups in total. The number of benzene rings is 2. The Hall–Kier alpha value is -2.24.